The molecule has 0 nitrogen and oxygen atoms in total. The number of allylic oxidation sites excluding steroid dienone is 6. The molecule has 0 radical (unpaired) electrons. The van der Waals surface area contributed by atoms with Gasteiger partial charge in [-0.05, 0) is 61.5 Å². The first kappa shape index (κ1) is 18.0. The summed E-state index contributed by atoms with van der Waals surface area (Å²) in [4.78, 5) is 0. The molecule has 0 fully saturated rings. The van der Waals surface area contributed by atoms with Crippen LogP contribution >= 0.6 is 0 Å². The van der Waals surface area contributed by atoms with Gasteiger partial charge in [-0.15, -0.1) is 0 Å². The smallest absolute Gasteiger partial charge is 0.0168 e. The fraction of sp³-hybridized carbons (Fsp3) is 0.619. The van der Waals surface area contributed by atoms with E-state index in [1.54, 1.807) is 5.57 Å². The lowest BCUT2D eigenvalue weighted by atomic mass is 9.80. The molecule has 1 aliphatic carbocycles. The maximum Gasteiger partial charge on any atom is -0.0168 e. The molecule has 21 heavy (non-hydrogen) atoms. The summed E-state index contributed by atoms with van der Waals surface area (Å²) < 4.78 is 0. The summed E-state index contributed by atoms with van der Waals surface area (Å²) in [7, 11) is 0. The lowest BCUT2D eigenvalue weighted by Gasteiger charge is -2.25. The van der Waals surface area contributed by atoms with E-state index in [0.29, 0.717) is 11.8 Å². The third-order valence-electron chi connectivity index (χ3n) is 4.76. The molecule has 0 heterocycles. The van der Waals surface area contributed by atoms with Crippen molar-refractivity contribution in [3.63, 3.8) is 0 Å². The number of hydrogen-bond acceptors (Lipinski definition) is 0. The van der Waals surface area contributed by atoms with Crippen LogP contribution in [0.5, 0.6) is 0 Å². The monoisotopic (exact) mass is 286 g/mol. The normalized spacial score (nSPS) is 20.0. The largest absolute Gasteiger partial charge is 0.0998 e. The maximum atomic E-state index is 4.41. The molecule has 2 unspecified atom stereocenters. The Morgan fingerprint density at radius 3 is 2.48 bits per heavy atom. The maximum absolute atomic E-state index is 4.41. The molecule has 0 aromatic rings. The predicted molar refractivity (Wildman–Crippen MR) is 96.4 cm³/mol. The van der Waals surface area contributed by atoms with Gasteiger partial charge in [-0.2, -0.15) is 0 Å². The summed E-state index contributed by atoms with van der Waals surface area (Å²) in [6, 6.07) is 0. The molecule has 118 valence electrons. The first-order valence-electron chi connectivity index (χ1n) is 8.59. The second-order valence-corrected chi connectivity index (χ2v) is 7.15. The van der Waals surface area contributed by atoms with Crippen LogP contribution < -0.4 is 0 Å². The molecule has 0 bridgehead atoms. The van der Waals surface area contributed by atoms with E-state index in [-0.39, 0.29) is 0 Å². The highest BCUT2D eigenvalue weighted by Gasteiger charge is 2.19. The fourth-order valence-corrected chi connectivity index (χ4v) is 3.25. The molecule has 1 aliphatic rings. The van der Waals surface area contributed by atoms with Crippen LogP contribution in [0.15, 0.2) is 47.6 Å². The fourth-order valence-electron chi connectivity index (χ4n) is 3.25. The molecule has 1 rings (SSSR count). The summed E-state index contributed by atoms with van der Waals surface area (Å²) in [6.07, 6.45) is 10.5. The zero-order valence-electron chi connectivity index (χ0n) is 14.8. The van der Waals surface area contributed by atoms with Gasteiger partial charge in [0.1, 0.15) is 0 Å². The standard InChI is InChI=1S/C21H34/c1-8-20-17(6)10-9-11-21(20)18(7)14-19(16(4)5)13-12-15(2)3/h9,11,15,17,19H,4,7-8,10,12-14H2,1-3,5-6H3. The van der Waals surface area contributed by atoms with Crippen molar-refractivity contribution in [2.24, 2.45) is 17.8 Å². The molecule has 0 aromatic carbocycles. The van der Waals surface area contributed by atoms with Gasteiger partial charge in [0, 0.05) is 0 Å². The molecule has 0 amide bonds. The minimum absolute atomic E-state index is 0.580. The van der Waals surface area contributed by atoms with Crippen molar-refractivity contribution >= 4 is 0 Å². The predicted octanol–water partition coefficient (Wildman–Crippen LogP) is 6.86. The highest BCUT2D eigenvalue weighted by Crippen LogP contribution is 2.35. The second kappa shape index (κ2) is 8.41. The Bertz CT molecular complexity index is 431. The zero-order chi connectivity index (χ0) is 16.0. The first-order valence-corrected chi connectivity index (χ1v) is 8.59. The SMILES string of the molecule is C=C(CC(CCC(C)C)C(=C)C)C1=C(CC)C(C)CC=C1. The molecule has 0 spiro atoms. The zero-order valence-corrected chi connectivity index (χ0v) is 14.8. The Morgan fingerprint density at radius 2 is 1.95 bits per heavy atom. The molecule has 2 atom stereocenters. The van der Waals surface area contributed by atoms with E-state index < -0.39 is 0 Å². The van der Waals surface area contributed by atoms with Gasteiger partial charge in [-0.25, -0.2) is 0 Å². The topological polar surface area (TPSA) is 0 Å². The lowest BCUT2D eigenvalue weighted by molar-refractivity contribution is 0.465. The summed E-state index contributed by atoms with van der Waals surface area (Å²) in [5.41, 5.74) is 5.63. The van der Waals surface area contributed by atoms with Gasteiger partial charge in [0.25, 0.3) is 0 Å². The van der Waals surface area contributed by atoms with E-state index in [9.17, 15) is 0 Å². The van der Waals surface area contributed by atoms with Crippen molar-refractivity contribution in [2.75, 3.05) is 0 Å². The third kappa shape index (κ3) is 5.34. The average Bonchev–Trinajstić information content (AvgIpc) is 2.42. The van der Waals surface area contributed by atoms with Crippen LogP contribution in [0.2, 0.25) is 0 Å². The Morgan fingerprint density at radius 1 is 1.29 bits per heavy atom. The number of rotatable bonds is 8. The van der Waals surface area contributed by atoms with Crippen molar-refractivity contribution in [3.05, 3.63) is 47.6 Å². The number of hydrogen-bond donors (Lipinski definition) is 0. The van der Waals surface area contributed by atoms with E-state index in [1.165, 1.54) is 36.0 Å². The summed E-state index contributed by atoms with van der Waals surface area (Å²) in [5, 5.41) is 0. The molecule has 0 saturated heterocycles. The van der Waals surface area contributed by atoms with Crippen LogP contribution in [0.4, 0.5) is 0 Å². The van der Waals surface area contributed by atoms with Crippen LogP contribution in [-0.4, -0.2) is 0 Å². The van der Waals surface area contributed by atoms with Crippen molar-refractivity contribution < 1.29 is 0 Å². The molecule has 0 N–H and O–H groups in total. The van der Waals surface area contributed by atoms with Crippen LogP contribution in [0.1, 0.15) is 66.7 Å². The molecule has 0 saturated carbocycles. The van der Waals surface area contributed by atoms with Crippen LogP contribution in [0, 0.1) is 17.8 Å². The highest BCUT2D eigenvalue weighted by molar-refractivity contribution is 5.45. The summed E-state index contributed by atoms with van der Waals surface area (Å²) >= 11 is 0. The third-order valence-corrected chi connectivity index (χ3v) is 4.76. The van der Waals surface area contributed by atoms with Crippen molar-refractivity contribution in [1.29, 1.82) is 0 Å². The second-order valence-electron chi connectivity index (χ2n) is 7.15. The van der Waals surface area contributed by atoms with Crippen molar-refractivity contribution in [2.45, 2.75) is 66.7 Å². The van der Waals surface area contributed by atoms with Gasteiger partial charge in [0.15, 0.2) is 0 Å². The van der Waals surface area contributed by atoms with E-state index in [2.05, 4.69) is 59.9 Å². The Balaban J connectivity index is 2.81. The molecular formula is C21H34. The van der Waals surface area contributed by atoms with E-state index in [1.807, 2.05) is 0 Å². The summed E-state index contributed by atoms with van der Waals surface area (Å²) in [6.45, 7) is 20.0. The van der Waals surface area contributed by atoms with E-state index in [4.69, 9.17) is 0 Å². The first-order chi connectivity index (χ1) is 9.86. The molecule has 0 aliphatic heterocycles. The Hall–Kier alpha value is -1.04. The minimum Gasteiger partial charge on any atom is -0.0998 e. The van der Waals surface area contributed by atoms with Crippen LogP contribution in [0.25, 0.3) is 0 Å². The Kier molecular flexibility index (Phi) is 7.22. The van der Waals surface area contributed by atoms with Gasteiger partial charge in [-0.1, -0.05) is 70.6 Å². The van der Waals surface area contributed by atoms with Gasteiger partial charge in [0.05, 0.1) is 0 Å². The summed E-state index contributed by atoms with van der Waals surface area (Å²) in [5.74, 6) is 2.02. The highest BCUT2D eigenvalue weighted by atomic mass is 14.2. The molecule has 0 aromatic heterocycles. The van der Waals surface area contributed by atoms with Gasteiger partial charge < -0.3 is 0 Å². The van der Waals surface area contributed by atoms with Gasteiger partial charge in [-0.3, -0.25) is 0 Å². The van der Waals surface area contributed by atoms with Gasteiger partial charge in [0.2, 0.25) is 0 Å². The van der Waals surface area contributed by atoms with E-state index in [0.717, 1.165) is 18.8 Å². The van der Waals surface area contributed by atoms with Gasteiger partial charge >= 0.3 is 0 Å². The Labute approximate surface area is 132 Å². The van der Waals surface area contributed by atoms with E-state index >= 15 is 0 Å². The van der Waals surface area contributed by atoms with Crippen LogP contribution in [-0.2, 0) is 0 Å². The quantitative estimate of drug-likeness (QED) is 0.427. The molecule has 0 heteroatoms. The minimum atomic E-state index is 0.580. The van der Waals surface area contributed by atoms with Crippen LogP contribution in [0.3, 0.4) is 0 Å². The van der Waals surface area contributed by atoms with Crippen molar-refractivity contribution in [3.8, 4) is 0 Å². The lowest BCUT2D eigenvalue weighted by Crippen LogP contribution is -2.10. The van der Waals surface area contributed by atoms with Crippen molar-refractivity contribution in [1.82, 2.24) is 0 Å². The average molecular weight is 287 g/mol. The molecular weight excluding hydrogens is 252 g/mol.